The third-order valence-electron chi connectivity index (χ3n) is 8.22. The van der Waals surface area contributed by atoms with Crippen LogP contribution in [0.1, 0.15) is 53.5 Å². The Kier molecular flexibility index (Phi) is 9.70. The topological polar surface area (TPSA) is 112 Å². The highest BCUT2D eigenvalue weighted by Gasteiger charge is 2.17. The highest BCUT2D eigenvalue weighted by atomic mass is 16.5. The standard InChI is InChI=1S/C36H43N5O4/c1-24-28(7-6-8-30(24)39-34(42)26-10-12-27(13-11-26)36(2,3)4)32-23-40(5)35(43)31(38-32)22-25-9-14-33(29(37)21-25)45-20-17-41-15-18-44-19-16-41/h6-14,21,23H,15-20,22,37H2,1-5H3,(H,39,42). The summed E-state index contributed by atoms with van der Waals surface area (Å²) in [5, 5.41) is 3.05. The number of nitrogen functional groups attached to an aromatic ring is 1. The Labute approximate surface area is 265 Å². The molecule has 0 atom stereocenters. The van der Waals surface area contributed by atoms with Crippen molar-refractivity contribution < 1.29 is 14.3 Å². The van der Waals surface area contributed by atoms with Crippen molar-refractivity contribution in [3.8, 4) is 17.0 Å². The average molecular weight is 610 g/mol. The molecule has 9 heteroatoms. The van der Waals surface area contributed by atoms with Crippen LogP contribution < -0.4 is 21.3 Å². The maximum absolute atomic E-state index is 13.1. The molecule has 0 unspecified atom stereocenters. The first kappa shape index (κ1) is 31.9. The first-order chi connectivity index (χ1) is 21.5. The minimum absolute atomic E-state index is 0.00914. The number of hydrogen-bond acceptors (Lipinski definition) is 7. The molecule has 0 saturated carbocycles. The Hall–Kier alpha value is -4.47. The molecule has 1 fully saturated rings. The number of anilines is 2. The highest BCUT2D eigenvalue weighted by molar-refractivity contribution is 6.05. The van der Waals surface area contributed by atoms with E-state index < -0.39 is 0 Å². The van der Waals surface area contributed by atoms with Gasteiger partial charge in [-0.05, 0) is 59.4 Å². The summed E-state index contributed by atoms with van der Waals surface area (Å²) in [7, 11) is 1.72. The van der Waals surface area contributed by atoms with Gasteiger partial charge >= 0.3 is 0 Å². The molecular weight excluding hydrogens is 566 g/mol. The summed E-state index contributed by atoms with van der Waals surface area (Å²) in [6, 6.07) is 19.0. The van der Waals surface area contributed by atoms with Crippen molar-refractivity contribution in [1.29, 1.82) is 0 Å². The monoisotopic (exact) mass is 609 g/mol. The first-order valence-corrected chi connectivity index (χ1v) is 15.4. The lowest BCUT2D eigenvalue weighted by Crippen LogP contribution is -2.38. The number of nitrogens with one attached hydrogen (secondary N) is 1. The van der Waals surface area contributed by atoms with Gasteiger partial charge in [0.25, 0.3) is 11.5 Å². The molecule has 236 valence electrons. The number of nitrogens with two attached hydrogens (primary N) is 1. The number of carbonyl (C=O) groups is 1. The van der Waals surface area contributed by atoms with Crippen LogP contribution in [-0.2, 0) is 23.6 Å². The minimum atomic E-state index is -0.184. The van der Waals surface area contributed by atoms with Crippen LogP contribution in [0.2, 0.25) is 0 Å². The van der Waals surface area contributed by atoms with Crippen LogP contribution in [0.15, 0.2) is 71.7 Å². The number of rotatable bonds is 9. The van der Waals surface area contributed by atoms with E-state index in [-0.39, 0.29) is 16.9 Å². The zero-order chi connectivity index (χ0) is 32.1. The molecule has 0 aliphatic carbocycles. The van der Waals surface area contributed by atoms with Crippen molar-refractivity contribution in [2.45, 2.75) is 39.5 Å². The van der Waals surface area contributed by atoms with Gasteiger partial charge in [-0.15, -0.1) is 0 Å². The van der Waals surface area contributed by atoms with Gasteiger partial charge in [0.05, 0.1) is 24.6 Å². The highest BCUT2D eigenvalue weighted by Crippen LogP contribution is 2.29. The van der Waals surface area contributed by atoms with Gasteiger partial charge in [-0.2, -0.15) is 0 Å². The van der Waals surface area contributed by atoms with Gasteiger partial charge in [-0.3, -0.25) is 14.5 Å². The van der Waals surface area contributed by atoms with Crippen molar-refractivity contribution >= 4 is 17.3 Å². The van der Waals surface area contributed by atoms with Gasteiger partial charge in [-0.1, -0.05) is 51.1 Å². The summed E-state index contributed by atoms with van der Waals surface area (Å²) in [5.41, 5.74) is 12.7. The lowest BCUT2D eigenvalue weighted by atomic mass is 9.86. The smallest absolute Gasteiger partial charge is 0.272 e. The maximum Gasteiger partial charge on any atom is 0.272 e. The molecule has 1 aliphatic heterocycles. The first-order valence-electron chi connectivity index (χ1n) is 15.4. The molecule has 1 aliphatic rings. The van der Waals surface area contributed by atoms with Crippen LogP contribution in [0.4, 0.5) is 11.4 Å². The van der Waals surface area contributed by atoms with E-state index in [0.29, 0.717) is 47.1 Å². The van der Waals surface area contributed by atoms with Gasteiger partial charge in [0, 0.05) is 56.1 Å². The van der Waals surface area contributed by atoms with Crippen molar-refractivity contribution in [3.63, 3.8) is 0 Å². The van der Waals surface area contributed by atoms with E-state index >= 15 is 0 Å². The molecule has 2 heterocycles. The van der Waals surface area contributed by atoms with E-state index in [4.69, 9.17) is 20.2 Å². The van der Waals surface area contributed by atoms with Gasteiger partial charge in [0.2, 0.25) is 0 Å². The van der Waals surface area contributed by atoms with E-state index in [0.717, 1.165) is 49.5 Å². The van der Waals surface area contributed by atoms with Gasteiger partial charge < -0.3 is 25.1 Å². The van der Waals surface area contributed by atoms with Gasteiger partial charge in [-0.25, -0.2) is 4.98 Å². The van der Waals surface area contributed by atoms with Crippen LogP contribution in [0, 0.1) is 6.92 Å². The van der Waals surface area contributed by atoms with E-state index in [9.17, 15) is 9.59 Å². The number of aromatic nitrogens is 2. The predicted octanol–water partition coefficient (Wildman–Crippen LogP) is 5.19. The van der Waals surface area contributed by atoms with Crippen LogP contribution in [0.25, 0.3) is 11.3 Å². The van der Waals surface area contributed by atoms with Crippen molar-refractivity contribution in [2.75, 3.05) is 50.5 Å². The Morgan fingerprint density at radius 1 is 1.07 bits per heavy atom. The second-order valence-corrected chi connectivity index (χ2v) is 12.6. The number of amides is 1. The summed E-state index contributed by atoms with van der Waals surface area (Å²) in [6.45, 7) is 13.0. The molecular formula is C36H43N5O4. The summed E-state index contributed by atoms with van der Waals surface area (Å²) in [6.07, 6.45) is 2.05. The second-order valence-electron chi connectivity index (χ2n) is 12.6. The van der Waals surface area contributed by atoms with Crippen molar-refractivity contribution in [2.24, 2.45) is 7.05 Å². The lowest BCUT2D eigenvalue weighted by Gasteiger charge is -2.26. The van der Waals surface area contributed by atoms with E-state index in [1.54, 1.807) is 17.8 Å². The Morgan fingerprint density at radius 2 is 1.80 bits per heavy atom. The maximum atomic E-state index is 13.1. The van der Waals surface area contributed by atoms with Crippen LogP contribution in [-0.4, -0.2) is 59.8 Å². The predicted molar refractivity (Wildman–Crippen MR) is 179 cm³/mol. The molecule has 0 spiro atoms. The zero-order valence-corrected chi connectivity index (χ0v) is 26.9. The third-order valence-corrected chi connectivity index (χ3v) is 8.22. The van der Waals surface area contributed by atoms with Crippen LogP contribution in [0.3, 0.4) is 0 Å². The number of hydrogen-bond donors (Lipinski definition) is 2. The number of morpholine rings is 1. The Morgan fingerprint density at radius 3 is 2.49 bits per heavy atom. The summed E-state index contributed by atoms with van der Waals surface area (Å²) >= 11 is 0. The molecule has 45 heavy (non-hydrogen) atoms. The van der Waals surface area contributed by atoms with Gasteiger partial charge in [0.15, 0.2) is 0 Å². The van der Waals surface area contributed by atoms with Gasteiger partial charge in [0.1, 0.15) is 18.1 Å². The zero-order valence-electron chi connectivity index (χ0n) is 26.9. The SMILES string of the molecule is Cc1c(NC(=O)c2ccc(C(C)(C)C)cc2)cccc1-c1cn(C)c(=O)c(Cc2ccc(OCCN3CCOCC3)c(N)c2)n1. The Bertz CT molecular complexity index is 1720. The fourth-order valence-corrected chi connectivity index (χ4v) is 5.42. The molecule has 9 nitrogen and oxygen atoms in total. The van der Waals surface area contributed by atoms with E-state index in [1.807, 2.05) is 67.6 Å². The normalized spacial score (nSPS) is 13.9. The Balaban J connectivity index is 1.31. The summed E-state index contributed by atoms with van der Waals surface area (Å²) in [5.74, 6) is 0.442. The second kappa shape index (κ2) is 13.7. The fraction of sp³-hybridized carbons (Fsp3) is 0.361. The molecule has 3 aromatic carbocycles. The summed E-state index contributed by atoms with van der Waals surface area (Å²) < 4.78 is 12.9. The molecule has 4 aromatic rings. The number of aryl methyl sites for hydroxylation is 1. The van der Waals surface area contributed by atoms with Crippen LogP contribution >= 0.6 is 0 Å². The molecule has 1 saturated heterocycles. The largest absolute Gasteiger partial charge is 0.490 e. The molecule has 1 aromatic heterocycles. The molecule has 3 N–H and O–H groups in total. The number of ether oxygens (including phenoxy) is 2. The number of nitrogens with zero attached hydrogens (tertiary/aromatic N) is 3. The minimum Gasteiger partial charge on any atom is -0.490 e. The van der Waals surface area contributed by atoms with Crippen molar-refractivity contribution in [1.82, 2.24) is 14.5 Å². The number of benzene rings is 3. The molecule has 1 amide bonds. The molecule has 0 bridgehead atoms. The van der Waals surface area contributed by atoms with Crippen molar-refractivity contribution in [3.05, 3.63) is 105 Å². The third kappa shape index (κ3) is 7.79. The number of carbonyl (C=O) groups excluding carboxylic acids is 1. The lowest BCUT2D eigenvalue weighted by molar-refractivity contribution is 0.0323. The quantitative estimate of drug-likeness (QED) is 0.251. The average Bonchev–Trinajstić information content (AvgIpc) is 3.01. The van der Waals surface area contributed by atoms with E-state index in [2.05, 4.69) is 31.0 Å². The summed E-state index contributed by atoms with van der Waals surface area (Å²) in [4.78, 5) is 33.3. The van der Waals surface area contributed by atoms with Crippen LogP contribution in [0.5, 0.6) is 5.75 Å². The van der Waals surface area contributed by atoms with E-state index in [1.165, 1.54) is 5.56 Å². The molecule has 5 rings (SSSR count). The fourth-order valence-electron chi connectivity index (χ4n) is 5.42. The molecule has 0 radical (unpaired) electrons.